The Labute approximate surface area is 175 Å². The van der Waals surface area contributed by atoms with Crippen LogP contribution in [0.1, 0.15) is 45.4 Å². The molecule has 0 spiro atoms. The summed E-state index contributed by atoms with van der Waals surface area (Å²) in [5, 5.41) is 5.13. The minimum absolute atomic E-state index is 0.0130. The van der Waals surface area contributed by atoms with Crippen molar-refractivity contribution in [1.29, 1.82) is 0 Å². The van der Waals surface area contributed by atoms with E-state index in [0.29, 0.717) is 6.54 Å². The fourth-order valence-corrected chi connectivity index (χ4v) is 4.43. The van der Waals surface area contributed by atoms with Crippen LogP contribution in [0.15, 0.2) is 54.0 Å². The second-order valence-electron chi connectivity index (χ2n) is 7.42. The van der Waals surface area contributed by atoms with Crippen molar-refractivity contribution in [3.8, 4) is 11.3 Å². The molecule has 4 rings (SSSR count). The molecule has 0 aliphatic rings. The average Bonchev–Trinajstić information content (AvgIpc) is 3.31. The molecule has 3 heterocycles. The number of rotatable bonds is 6. The molecular weight excluding hydrogens is 378 g/mol. The lowest BCUT2D eigenvalue weighted by Crippen LogP contribution is -2.24. The molecular formula is C24H25N3OS. The minimum Gasteiger partial charge on any atom is -0.346 e. The monoisotopic (exact) mass is 403 g/mol. The molecule has 1 N–H and O–H groups in total. The minimum atomic E-state index is -0.0130. The third-order valence-electron chi connectivity index (χ3n) is 5.08. The number of nitrogens with zero attached hydrogens (tertiary/aromatic N) is 2. The van der Waals surface area contributed by atoms with Gasteiger partial charge in [-0.25, -0.2) is 4.98 Å². The normalized spacial score (nSPS) is 11.1. The molecule has 0 atom stereocenters. The van der Waals surface area contributed by atoms with E-state index in [4.69, 9.17) is 4.98 Å². The Morgan fingerprint density at radius 2 is 1.83 bits per heavy atom. The zero-order valence-electron chi connectivity index (χ0n) is 17.0. The molecule has 5 heteroatoms. The SMILES string of the molecule is CCCc1ccsc1C(=O)NCc1c(-c2ccc(C)cc2)nc2ccc(C)cn12. The summed E-state index contributed by atoms with van der Waals surface area (Å²) in [5.74, 6) is -0.0130. The van der Waals surface area contributed by atoms with Gasteiger partial charge in [0.05, 0.1) is 22.8 Å². The smallest absolute Gasteiger partial charge is 0.261 e. The van der Waals surface area contributed by atoms with Crippen molar-refractivity contribution in [2.75, 3.05) is 0 Å². The van der Waals surface area contributed by atoms with Crippen LogP contribution in [0.2, 0.25) is 0 Å². The summed E-state index contributed by atoms with van der Waals surface area (Å²) in [6.45, 7) is 6.70. The highest BCUT2D eigenvalue weighted by Gasteiger charge is 2.17. The fourth-order valence-electron chi connectivity index (χ4n) is 3.56. The van der Waals surface area contributed by atoms with Crippen molar-refractivity contribution in [3.63, 3.8) is 0 Å². The van der Waals surface area contributed by atoms with Crippen LogP contribution in [0, 0.1) is 13.8 Å². The van der Waals surface area contributed by atoms with Crippen LogP contribution in [-0.2, 0) is 13.0 Å². The van der Waals surface area contributed by atoms with Gasteiger partial charge < -0.3 is 9.72 Å². The molecule has 3 aromatic heterocycles. The highest BCUT2D eigenvalue weighted by Crippen LogP contribution is 2.26. The number of aryl methyl sites for hydroxylation is 3. The van der Waals surface area contributed by atoms with Crippen LogP contribution in [-0.4, -0.2) is 15.3 Å². The number of imidazole rings is 1. The number of aromatic nitrogens is 2. The van der Waals surface area contributed by atoms with Crippen molar-refractivity contribution >= 4 is 22.9 Å². The Bertz CT molecular complexity index is 1150. The van der Waals surface area contributed by atoms with Crippen molar-refractivity contribution in [3.05, 3.63) is 81.3 Å². The van der Waals surface area contributed by atoms with E-state index in [-0.39, 0.29) is 5.91 Å². The number of hydrogen-bond donors (Lipinski definition) is 1. The summed E-state index contributed by atoms with van der Waals surface area (Å²) >= 11 is 1.51. The quantitative estimate of drug-likeness (QED) is 0.458. The van der Waals surface area contributed by atoms with Gasteiger partial charge in [-0.3, -0.25) is 4.79 Å². The van der Waals surface area contributed by atoms with Gasteiger partial charge in [0, 0.05) is 11.8 Å². The number of nitrogens with one attached hydrogen (secondary N) is 1. The van der Waals surface area contributed by atoms with Crippen LogP contribution in [0.3, 0.4) is 0 Å². The van der Waals surface area contributed by atoms with Gasteiger partial charge in [-0.15, -0.1) is 11.3 Å². The maximum Gasteiger partial charge on any atom is 0.261 e. The number of carbonyl (C=O) groups excluding carboxylic acids is 1. The van der Waals surface area contributed by atoms with Gasteiger partial charge in [-0.05, 0) is 48.9 Å². The van der Waals surface area contributed by atoms with Crippen LogP contribution in [0.4, 0.5) is 0 Å². The Balaban J connectivity index is 1.69. The third-order valence-corrected chi connectivity index (χ3v) is 6.03. The summed E-state index contributed by atoms with van der Waals surface area (Å²) in [6, 6.07) is 14.5. The van der Waals surface area contributed by atoms with Crippen LogP contribution in [0.25, 0.3) is 16.9 Å². The molecule has 148 valence electrons. The molecule has 4 aromatic rings. The fraction of sp³-hybridized carbons (Fsp3) is 0.250. The lowest BCUT2D eigenvalue weighted by atomic mass is 10.1. The van der Waals surface area contributed by atoms with Crippen molar-refractivity contribution in [2.45, 2.75) is 40.2 Å². The van der Waals surface area contributed by atoms with Gasteiger partial charge in [0.2, 0.25) is 0 Å². The van der Waals surface area contributed by atoms with E-state index in [2.05, 4.69) is 73.1 Å². The first-order chi connectivity index (χ1) is 14.1. The largest absolute Gasteiger partial charge is 0.346 e. The van der Waals surface area contributed by atoms with E-state index in [1.807, 2.05) is 11.4 Å². The molecule has 0 saturated heterocycles. The van der Waals surface area contributed by atoms with Crippen molar-refractivity contribution in [1.82, 2.24) is 14.7 Å². The third kappa shape index (κ3) is 3.96. The maximum absolute atomic E-state index is 12.9. The zero-order chi connectivity index (χ0) is 20.4. The molecule has 0 unspecified atom stereocenters. The Morgan fingerprint density at radius 3 is 2.59 bits per heavy atom. The van der Waals surface area contributed by atoms with E-state index in [1.165, 1.54) is 16.9 Å². The molecule has 0 fully saturated rings. The summed E-state index contributed by atoms with van der Waals surface area (Å²) in [7, 11) is 0. The molecule has 0 radical (unpaired) electrons. The van der Waals surface area contributed by atoms with Gasteiger partial charge in [-0.1, -0.05) is 49.2 Å². The Kier molecular flexibility index (Phi) is 5.49. The van der Waals surface area contributed by atoms with E-state index in [9.17, 15) is 4.79 Å². The Hall–Kier alpha value is -2.92. The Morgan fingerprint density at radius 1 is 1.07 bits per heavy atom. The van der Waals surface area contributed by atoms with E-state index in [1.54, 1.807) is 0 Å². The second-order valence-corrected chi connectivity index (χ2v) is 8.33. The standard InChI is InChI=1S/C24H25N3OS/c1-4-5-19-12-13-29-23(19)24(28)25-14-20-22(18-9-6-16(2)7-10-18)26-21-11-8-17(3)15-27(20)21/h6-13,15H,4-5,14H2,1-3H3,(H,25,28). The van der Waals surface area contributed by atoms with Gasteiger partial charge in [-0.2, -0.15) is 0 Å². The number of amides is 1. The first-order valence-electron chi connectivity index (χ1n) is 9.96. The molecule has 0 saturated carbocycles. The van der Waals surface area contributed by atoms with Gasteiger partial charge >= 0.3 is 0 Å². The number of thiophene rings is 1. The lowest BCUT2D eigenvalue weighted by Gasteiger charge is -2.09. The highest BCUT2D eigenvalue weighted by atomic mass is 32.1. The molecule has 4 nitrogen and oxygen atoms in total. The molecule has 1 aromatic carbocycles. The average molecular weight is 404 g/mol. The number of benzene rings is 1. The predicted molar refractivity (Wildman–Crippen MR) is 120 cm³/mol. The summed E-state index contributed by atoms with van der Waals surface area (Å²) in [6.07, 6.45) is 4.03. The first kappa shape index (κ1) is 19.4. The summed E-state index contributed by atoms with van der Waals surface area (Å²) < 4.78 is 2.09. The molecule has 0 aliphatic heterocycles. The summed E-state index contributed by atoms with van der Waals surface area (Å²) in [4.78, 5) is 18.5. The van der Waals surface area contributed by atoms with Crippen LogP contribution in [0.5, 0.6) is 0 Å². The topological polar surface area (TPSA) is 46.4 Å². The summed E-state index contributed by atoms with van der Waals surface area (Å²) in [5.41, 5.74) is 7.35. The second kappa shape index (κ2) is 8.21. The number of fused-ring (bicyclic) bond motifs is 1. The van der Waals surface area contributed by atoms with Gasteiger partial charge in [0.15, 0.2) is 0 Å². The maximum atomic E-state index is 12.9. The lowest BCUT2D eigenvalue weighted by molar-refractivity contribution is 0.0953. The van der Waals surface area contributed by atoms with E-state index >= 15 is 0 Å². The predicted octanol–water partition coefficient (Wildman–Crippen LogP) is 5.56. The molecule has 29 heavy (non-hydrogen) atoms. The number of carbonyl (C=O) groups is 1. The molecule has 1 amide bonds. The van der Waals surface area contributed by atoms with Gasteiger partial charge in [0.25, 0.3) is 5.91 Å². The molecule has 0 bridgehead atoms. The zero-order valence-corrected chi connectivity index (χ0v) is 17.8. The molecule has 0 aliphatic carbocycles. The van der Waals surface area contributed by atoms with Crippen molar-refractivity contribution in [2.24, 2.45) is 0 Å². The highest BCUT2D eigenvalue weighted by molar-refractivity contribution is 7.12. The first-order valence-corrected chi connectivity index (χ1v) is 10.8. The van der Waals surface area contributed by atoms with Crippen molar-refractivity contribution < 1.29 is 4.79 Å². The van der Waals surface area contributed by atoms with E-state index < -0.39 is 0 Å². The van der Waals surface area contributed by atoms with Gasteiger partial charge in [0.1, 0.15) is 5.65 Å². The number of hydrogen-bond acceptors (Lipinski definition) is 3. The van der Waals surface area contributed by atoms with Crippen LogP contribution < -0.4 is 5.32 Å². The number of pyridine rings is 1. The van der Waals surface area contributed by atoms with Crippen LogP contribution >= 0.6 is 11.3 Å². The van der Waals surface area contributed by atoms with E-state index in [0.717, 1.165) is 51.4 Å².